The number of hydrogen-bond acceptors (Lipinski definition) is 4. The first-order chi connectivity index (χ1) is 12.0. The first-order valence-corrected chi connectivity index (χ1v) is 10.5. The molecule has 0 aromatic carbocycles. The van der Waals surface area contributed by atoms with Crippen LogP contribution in [0, 0.1) is 5.92 Å². The molecule has 0 spiro atoms. The predicted molar refractivity (Wildman–Crippen MR) is 105 cm³/mol. The molecule has 1 amide bonds. The van der Waals surface area contributed by atoms with Crippen molar-refractivity contribution in [2.24, 2.45) is 10.9 Å². The van der Waals surface area contributed by atoms with Gasteiger partial charge in [0.2, 0.25) is 5.91 Å². The van der Waals surface area contributed by atoms with Crippen molar-refractivity contribution >= 4 is 23.6 Å². The van der Waals surface area contributed by atoms with Crippen LogP contribution >= 0.6 is 11.8 Å². The topological polar surface area (TPSA) is 66.0 Å². The highest BCUT2D eigenvalue weighted by molar-refractivity contribution is 8.00. The average Bonchev–Trinajstić information content (AvgIpc) is 3.07. The van der Waals surface area contributed by atoms with Gasteiger partial charge in [-0.1, -0.05) is 20.8 Å². The quantitative estimate of drug-likeness (QED) is 0.550. The Bertz CT molecular complexity index is 458. The van der Waals surface area contributed by atoms with Gasteiger partial charge >= 0.3 is 0 Å². The lowest BCUT2D eigenvalue weighted by molar-refractivity contribution is -0.133. The third-order valence-electron chi connectivity index (χ3n) is 4.99. The van der Waals surface area contributed by atoms with E-state index < -0.39 is 0 Å². The third kappa shape index (κ3) is 5.78. The molecule has 0 aromatic heterocycles. The number of likely N-dealkylation sites (tertiary alicyclic amines) is 1. The number of carbonyl (C=O) groups is 1. The van der Waals surface area contributed by atoms with Gasteiger partial charge in [-0.25, -0.2) is 0 Å². The van der Waals surface area contributed by atoms with Crippen LogP contribution in [-0.2, 0) is 9.53 Å². The zero-order valence-electron chi connectivity index (χ0n) is 16.1. The van der Waals surface area contributed by atoms with Crippen LogP contribution in [-0.4, -0.2) is 73.2 Å². The molecule has 7 heteroatoms. The zero-order valence-corrected chi connectivity index (χ0v) is 17.0. The van der Waals surface area contributed by atoms with Gasteiger partial charge in [0.05, 0.1) is 0 Å². The summed E-state index contributed by atoms with van der Waals surface area (Å²) in [6.45, 7) is 10.3. The lowest BCUT2D eigenvalue weighted by Gasteiger charge is -2.37. The van der Waals surface area contributed by atoms with Crippen LogP contribution in [0.4, 0.5) is 0 Å². The van der Waals surface area contributed by atoms with E-state index in [2.05, 4.69) is 22.5 Å². The van der Waals surface area contributed by atoms with Crippen LogP contribution in [0.1, 0.15) is 40.0 Å². The number of ether oxygens (including phenoxy) is 1. The van der Waals surface area contributed by atoms with Gasteiger partial charge in [0.1, 0.15) is 0 Å². The second-order valence-corrected chi connectivity index (χ2v) is 8.96. The van der Waals surface area contributed by atoms with Crippen molar-refractivity contribution in [3.8, 4) is 0 Å². The highest BCUT2D eigenvalue weighted by Crippen LogP contribution is 2.34. The second-order valence-electron chi connectivity index (χ2n) is 7.22. The molecule has 1 unspecified atom stereocenters. The second kappa shape index (κ2) is 9.67. The molecule has 0 radical (unpaired) electrons. The van der Waals surface area contributed by atoms with Gasteiger partial charge in [0.25, 0.3) is 0 Å². The molecule has 1 atom stereocenters. The minimum atomic E-state index is 0.0654. The van der Waals surface area contributed by atoms with Crippen LogP contribution in [0.2, 0.25) is 0 Å². The molecule has 6 nitrogen and oxygen atoms in total. The van der Waals surface area contributed by atoms with Crippen LogP contribution in [0.15, 0.2) is 4.99 Å². The molecule has 2 aliphatic rings. The molecule has 144 valence electrons. The normalized spacial score (nSPS) is 23.8. The highest BCUT2D eigenvalue weighted by Gasteiger charge is 2.33. The monoisotopic (exact) mass is 370 g/mol. The summed E-state index contributed by atoms with van der Waals surface area (Å²) in [5.41, 5.74) is 0. The van der Waals surface area contributed by atoms with Gasteiger partial charge in [-0.2, -0.15) is 11.8 Å². The largest absolute Gasteiger partial charge is 0.381 e. The van der Waals surface area contributed by atoms with Crippen molar-refractivity contribution in [3.05, 3.63) is 0 Å². The maximum atomic E-state index is 12.1. The van der Waals surface area contributed by atoms with Gasteiger partial charge in [0, 0.05) is 56.6 Å². The SMILES string of the molecule is CCSC1(CNC(=NC)NC2CCN(C(=O)C(C)C)C2)CCOCC1. The molecule has 25 heavy (non-hydrogen) atoms. The Morgan fingerprint density at radius 3 is 2.72 bits per heavy atom. The van der Waals surface area contributed by atoms with Gasteiger partial charge in [-0.05, 0) is 25.0 Å². The van der Waals surface area contributed by atoms with Crippen LogP contribution in [0.3, 0.4) is 0 Å². The Hall–Kier alpha value is -0.950. The molecule has 2 N–H and O–H groups in total. The Balaban J connectivity index is 1.83. The number of hydrogen-bond donors (Lipinski definition) is 2. The first kappa shape index (κ1) is 20.4. The minimum absolute atomic E-state index is 0.0654. The van der Waals surface area contributed by atoms with E-state index in [4.69, 9.17) is 4.74 Å². The fourth-order valence-corrected chi connectivity index (χ4v) is 4.74. The van der Waals surface area contributed by atoms with E-state index in [1.54, 1.807) is 0 Å². The number of thioether (sulfide) groups is 1. The average molecular weight is 371 g/mol. The summed E-state index contributed by atoms with van der Waals surface area (Å²) in [6, 6.07) is 0.276. The predicted octanol–water partition coefficient (Wildman–Crippen LogP) is 1.71. The maximum Gasteiger partial charge on any atom is 0.225 e. The van der Waals surface area contributed by atoms with E-state index in [-0.39, 0.29) is 22.6 Å². The molecular formula is C18H34N4O2S. The van der Waals surface area contributed by atoms with Crippen molar-refractivity contribution in [1.29, 1.82) is 0 Å². The fourth-order valence-electron chi connectivity index (χ4n) is 3.50. The van der Waals surface area contributed by atoms with Crippen molar-refractivity contribution in [2.45, 2.75) is 50.8 Å². The standard InChI is InChI=1S/C18H34N4O2S/c1-5-25-18(7-10-24-11-8-18)13-20-17(19-4)21-15-6-9-22(12-15)16(23)14(2)3/h14-15H,5-13H2,1-4H3,(H2,19,20,21). The van der Waals surface area contributed by atoms with E-state index in [1.807, 2.05) is 37.6 Å². The van der Waals surface area contributed by atoms with Crippen molar-refractivity contribution in [3.63, 3.8) is 0 Å². The lowest BCUT2D eigenvalue weighted by atomic mass is 9.99. The van der Waals surface area contributed by atoms with E-state index >= 15 is 0 Å². The smallest absolute Gasteiger partial charge is 0.225 e. The zero-order chi connectivity index (χ0) is 18.3. The van der Waals surface area contributed by atoms with Gasteiger partial charge in [-0.3, -0.25) is 9.79 Å². The molecule has 2 aliphatic heterocycles. The molecular weight excluding hydrogens is 336 g/mol. The number of aliphatic imine (C=N–C) groups is 1. The molecule has 2 saturated heterocycles. The van der Waals surface area contributed by atoms with E-state index in [0.29, 0.717) is 0 Å². The minimum Gasteiger partial charge on any atom is -0.381 e. The maximum absolute atomic E-state index is 12.1. The van der Waals surface area contributed by atoms with Crippen LogP contribution in [0.5, 0.6) is 0 Å². The summed E-state index contributed by atoms with van der Waals surface area (Å²) in [6.07, 6.45) is 3.13. The summed E-state index contributed by atoms with van der Waals surface area (Å²) < 4.78 is 5.78. The fraction of sp³-hybridized carbons (Fsp3) is 0.889. The third-order valence-corrected chi connectivity index (χ3v) is 6.44. The summed E-state index contributed by atoms with van der Waals surface area (Å²) >= 11 is 2.02. The summed E-state index contributed by atoms with van der Waals surface area (Å²) in [5.74, 6) is 2.26. The summed E-state index contributed by atoms with van der Waals surface area (Å²) in [7, 11) is 1.81. The molecule has 0 aliphatic carbocycles. The van der Waals surface area contributed by atoms with Crippen molar-refractivity contribution in [2.75, 3.05) is 45.6 Å². The first-order valence-electron chi connectivity index (χ1n) is 9.47. The van der Waals surface area contributed by atoms with Gasteiger partial charge < -0.3 is 20.3 Å². The van der Waals surface area contributed by atoms with Crippen LogP contribution < -0.4 is 10.6 Å². The Morgan fingerprint density at radius 1 is 1.40 bits per heavy atom. The number of nitrogens with one attached hydrogen (secondary N) is 2. The number of carbonyl (C=O) groups excluding carboxylic acids is 1. The Kier molecular flexibility index (Phi) is 7.87. The van der Waals surface area contributed by atoms with Gasteiger partial charge in [-0.15, -0.1) is 0 Å². The Labute approximate surface area is 156 Å². The summed E-state index contributed by atoms with van der Waals surface area (Å²) in [5, 5.41) is 7.01. The van der Waals surface area contributed by atoms with E-state index in [1.165, 1.54) is 0 Å². The molecule has 2 fully saturated rings. The number of amides is 1. The number of nitrogens with zero attached hydrogens (tertiary/aromatic N) is 2. The Morgan fingerprint density at radius 2 is 2.12 bits per heavy atom. The lowest BCUT2D eigenvalue weighted by Crippen LogP contribution is -2.50. The summed E-state index contributed by atoms with van der Waals surface area (Å²) in [4.78, 5) is 18.5. The van der Waals surface area contributed by atoms with Crippen molar-refractivity contribution < 1.29 is 9.53 Å². The van der Waals surface area contributed by atoms with E-state index in [0.717, 1.165) is 63.8 Å². The van der Waals surface area contributed by atoms with Crippen molar-refractivity contribution in [1.82, 2.24) is 15.5 Å². The number of guanidine groups is 1. The molecule has 0 bridgehead atoms. The molecule has 2 rings (SSSR count). The van der Waals surface area contributed by atoms with Gasteiger partial charge in [0.15, 0.2) is 5.96 Å². The molecule has 0 saturated carbocycles. The molecule has 2 heterocycles. The highest BCUT2D eigenvalue weighted by atomic mass is 32.2. The van der Waals surface area contributed by atoms with Crippen LogP contribution in [0.25, 0.3) is 0 Å². The number of rotatable bonds is 6. The van der Waals surface area contributed by atoms with E-state index in [9.17, 15) is 4.79 Å². The molecule has 0 aromatic rings.